The predicted octanol–water partition coefficient (Wildman–Crippen LogP) is 4.98. The van der Waals surface area contributed by atoms with E-state index >= 15 is 0 Å². The van der Waals surface area contributed by atoms with Crippen LogP contribution in [0.5, 0.6) is 0 Å². The molecular weight excluding hydrogens is 813 g/mol. The molecule has 0 aliphatic rings. The number of benzene rings is 4. The number of nitrogens with two attached hydrogens (primary N) is 3. The minimum absolute atomic E-state index is 0.0134. The number of nitrogen functional groups attached to an aromatic ring is 2. The summed E-state index contributed by atoms with van der Waals surface area (Å²) in [6.07, 6.45) is 0. The van der Waals surface area contributed by atoms with Gasteiger partial charge in [0.15, 0.2) is 9.84 Å². The number of carbonyl (C=O) groups excluding carboxylic acids is 1. The highest BCUT2D eigenvalue weighted by Crippen LogP contribution is 2.44. The molecule has 292 valence electrons. The molecule has 27 heteroatoms. The molecular formula is C28H28N10O13S4. The second-order valence-corrected chi connectivity index (χ2v) is 16.8. The third-order valence-electron chi connectivity index (χ3n) is 6.81. The summed E-state index contributed by atoms with van der Waals surface area (Å²) in [4.78, 5) is 9.99. The van der Waals surface area contributed by atoms with Crippen LogP contribution in [0.2, 0.25) is 0 Å². The summed E-state index contributed by atoms with van der Waals surface area (Å²) in [7, 11) is -18.7. The third-order valence-corrected chi connectivity index (χ3v) is 10.7. The molecule has 0 saturated heterocycles. The van der Waals surface area contributed by atoms with Crippen molar-refractivity contribution in [1.82, 2.24) is 0 Å². The molecule has 0 spiro atoms. The normalized spacial score (nSPS) is 12.9. The lowest BCUT2D eigenvalue weighted by Gasteiger charge is -2.11. The lowest BCUT2D eigenvalue weighted by Crippen LogP contribution is -2.19. The molecule has 0 bridgehead atoms. The maximum absolute atomic E-state index is 12.4. The van der Waals surface area contributed by atoms with Crippen molar-refractivity contribution < 1.29 is 56.3 Å². The Hall–Kier alpha value is -5.81. The molecule has 23 nitrogen and oxygen atoms in total. The van der Waals surface area contributed by atoms with Gasteiger partial charge in [-0.25, -0.2) is 17.4 Å². The van der Waals surface area contributed by atoms with Gasteiger partial charge in [0.05, 0.1) is 45.7 Å². The summed E-state index contributed by atoms with van der Waals surface area (Å²) in [6.45, 7) is 0.723. The van der Waals surface area contributed by atoms with Gasteiger partial charge < -0.3 is 22.5 Å². The van der Waals surface area contributed by atoms with Crippen molar-refractivity contribution >= 4 is 97.7 Å². The number of primary amides is 1. The number of hydrogen-bond acceptors (Lipinski definition) is 18. The van der Waals surface area contributed by atoms with E-state index in [0.717, 1.165) is 24.3 Å². The van der Waals surface area contributed by atoms with Crippen molar-refractivity contribution in [2.45, 2.75) is 21.6 Å². The van der Waals surface area contributed by atoms with Gasteiger partial charge in [0.25, 0.3) is 20.2 Å². The maximum Gasteiger partial charge on any atom is 0.397 e. The molecule has 0 heterocycles. The number of amides is 2. The summed E-state index contributed by atoms with van der Waals surface area (Å²) in [5.74, 6) is -0.757. The Morgan fingerprint density at radius 3 is 1.84 bits per heavy atom. The first-order valence-electron chi connectivity index (χ1n) is 14.6. The molecule has 0 aliphatic heterocycles. The monoisotopic (exact) mass is 840 g/mol. The number of rotatable bonds is 14. The van der Waals surface area contributed by atoms with Gasteiger partial charge in [0.2, 0.25) is 0 Å². The standard InChI is InChI=1S/C28H28N10O13S4/c1-15-2-8-20(23(12-15)53(42,43)44)36-38-27-25(29)22(14-24(26(27)30)54(45,46)47)37-34-17-5-9-19(21(13-17)32-28(31)39)35-33-16-3-6-18(7-4-16)52(40,41)11-10-51-55(48,49)50/h2-9,12-14H,10-11,29-30H2,1H3,(H3,31,32,39)(H,42,43,44)(H,45,46,47)(H,48,49,50). The van der Waals surface area contributed by atoms with E-state index in [1.165, 1.54) is 42.5 Å². The molecule has 2 amide bonds. The van der Waals surface area contributed by atoms with Crippen molar-refractivity contribution in [3.8, 4) is 0 Å². The summed E-state index contributed by atoms with van der Waals surface area (Å²) < 4.78 is 126. The number of sulfone groups is 1. The Balaban J connectivity index is 1.66. The molecule has 4 rings (SSSR count). The van der Waals surface area contributed by atoms with Crippen LogP contribution in [0.1, 0.15) is 5.56 Å². The fraction of sp³-hybridized carbons (Fsp3) is 0.107. The van der Waals surface area contributed by atoms with Crippen molar-refractivity contribution in [3.05, 3.63) is 72.3 Å². The lowest BCUT2D eigenvalue weighted by molar-refractivity contribution is 0.259. The summed E-state index contributed by atoms with van der Waals surface area (Å²) >= 11 is 0. The van der Waals surface area contributed by atoms with Crippen LogP contribution in [0.4, 0.5) is 56.0 Å². The summed E-state index contributed by atoms with van der Waals surface area (Å²) in [6, 6.07) is 12.2. The minimum atomic E-state index is -5.04. The Kier molecular flexibility index (Phi) is 12.4. The van der Waals surface area contributed by atoms with Crippen molar-refractivity contribution in [1.29, 1.82) is 0 Å². The van der Waals surface area contributed by atoms with E-state index in [0.29, 0.717) is 5.56 Å². The van der Waals surface area contributed by atoms with Gasteiger partial charge in [0.1, 0.15) is 32.5 Å². The second-order valence-electron chi connectivity index (χ2n) is 10.8. The summed E-state index contributed by atoms with van der Waals surface area (Å²) in [5.41, 5.74) is 15.4. The highest BCUT2D eigenvalue weighted by atomic mass is 32.3. The Labute approximate surface area is 312 Å². The van der Waals surface area contributed by atoms with E-state index in [-0.39, 0.29) is 33.3 Å². The van der Waals surface area contributed by atoms with E-state index in [2.05, 4.69) is 40.2 Å². The van der Waals surface area contributed by atoms with Crippen LogP contribution in [0.25, 0.3) is 0 Å². The van der Waals surface area contributed by atoms with E-state index in [1.807, 2.05) is 0 Å². The van der Waals surface area contributed by atoms with Gasteiger partial charge in [-0.05, 0) is 73.2 Å². The Bertz CT molecular complexity index is 2710. The average Bonchev–Trinajstić information content (AvgIpc) is 3.06. The molecule has 0 aromatic heterocycles. The molecule has 4 aromatic carbocycles. The zero-order valence-corrected chi connectivity index (χ0v) is 31.0. The maximum atomic E-state index is 12.4. The van der Waals surface area contributed by atoms with Gasteiger partial charge in [-0.1, -0.05) is 6.07 Å². The first kappa shape index (κ1) is 41.9. The van der Waals surface area contributed by atoms with Gasteiger partial charge in [-0.2, -0.15) is 35.5 Å². The molecule has 55 heavy (non-hydrogen) atoms. The predicted molar refractivity (Wildman–Crippen MR) is 194 cm³/mol. The SMILES string of the molecule is Cc1ccc(N=Nc2c(N)c(N=Nc3ccc(N=Nc4ccc(S(=O)(=O)CCOS(=O)(=O)O)cc4)c(NC(N)=O)c3)cc(S(=O)(=O)O)c2N)c(S(=O)(=O)O)c1. The number of carbonyl (C=O) groups is 1. The Morgan fingerprint density at radius 1 is 0.673 bits per heavy atom. The number of hydrogen-bond donors (Lipinski definition) is 7. The third kappa shape index (κ3) is 11.3. The van der Waals surface area contributed by atoms with Gasteiger partial charge in [0, 0.05) is 0 Å². The van der Waals surface area contributed by atoms with Crippen LogP contribution in [-0.4, -0.2) is 65.7 Å². The number of urea groups is 1. The number of nitrogens with zero attached hydrogens (tertiary/aromatic N) is 6. The smallest absolute Gasteiger partial charge is 0.396 e. The van der Waals surface area contributed by atoms with Gasteiger partial charge in [-0.3, -0.25) is 13.7 Å². The van der Waals surface area contributed by atoms with Crippen LogP contribution in [0.15, 0.2) is 112 Å². The molecule has 0 saturated carbocycles. The molecule has 0 radical (unpaired) electrons. The van der Waals surface area contributed by atoms with Crippen LogP contribution >= 0.6 is 0 Å². The fourth-order valence-corrected chi connectivity index (χ4v) is 7.13. The fourth-order valence-electron chi connectivity index (χ4n) is 4.30. The lowest BCUT2D eigenvalue weighted by atomic mass is 10.2. The number of nitrogens with one attached hydrogen (secondary N) is 1. The van der Waals surface area contributed by atoms with E-state index in [4.69, 9.17) is 21.8 Å². The van der Waals surface area contributed by atoms with Crippen molar-refractivity contribution in [2.75, 3.05) is 29.1 Å². The summed E-state index contributed by atoms with van der Waals surface area (Å²) in [5, 5.41) is 25.7. The van der Waals surface area contributed by atoms with Crippen LogP contribution < -0.4 is 22.5 Å². The molecule has 10 N–H and O–H groups in total. The largest absolute Gasteiger partial charge is 0.397 e. The second kappa shape index (κ2) is 16.3. The van der Waals surface area contributed by atoms with Crippen LogP contribution in [-0.2, 0) is 44.7 Å². The van der Waals surface area contributed by atoms with E-state index in [9.17, 15) is 47.6 Å². The quantitative estimate of drug-likeness (QED) is 0.0500. The molecule has 4 aromatic rings. The van der Waals surface area contributed by atoms with E-state index < -0.39 is 91.4 Å². The van der Waals surface area contributed by atoms with Crippen molar-refractivity contribution in [3.63, 3.8) is 0 Å². The van der Waals surface area contributed by atoms with Gasteiger partial charge >= 0.3 is 16.4 Å². The molecule has 0 aliphatic carbocycles. The zero-order valence-electron chi connectivity index (χ0n) is 27.7. The molecule has 0 unspecified atom stereocenters. The average molecular weight is 841 g/mol. The van der Waals surface area contributed by atoms with Crippen molar-refractivity contribution in [2.24, 2.45) is 36.4 Å². The zero-order chi connectivity index (χ0) is 40.9. The highest BCUT2D eigenvalue weighted by molar-refractivity contribution is 7.91. The first-order valence-corrected chi connectivity index (χ1v) is 20.5. The van der Waals surface area contributed by atoms with Crippen LogP contribution in [0.3, 0.4) is 0 Å². The molecule has 0 fully saturated rings. The Morgan fingerprint density at radius 2 is 1.24 bits per heavy atom. The number of azo groups is 3. The number of aryl methyl sites for hydroxylation is 1. The highest BCUT2D eigenvalue weighted by Gasteiger charge is 2.23. The molecule has 0 atom stereocenters. The topological polar surface area (TPSA) is 388 Å². The van der Waals surface area contributed by atoms with Crippen LogP contribution in [0, 0.1) is 6.92 Å². The van der Waals surface area contributed by atoms with E-state index in [1.54, 1.807) is 6.92 Å². The minimum Gasteiger partial charge on any atom is -0.396 e. The first-order chi connectivity index (χ1) is 25.4. The van der Waals surface area contributed by atoms with Gasteiger partial charge in [-0.15, -0.1) is 20.5 Å². The number of anilines is 3.